The van der Waals surface area contributed by atoms with E-state index in [0.29, 0.717) is 21.4 Å². The second-order valence-corrected chi connectivity index (χ2v) is 4.79. The van der Waals surface area contributed by atoms with Gasteiger partial charge in [-0.2, -0.15) is 0 Å². The summed E-state index contributed by atoms with van der Waals surface area (Å²) in [6, 6.07) is 6.06. The van der Waals surface area contributed by atoms with E-state index in [1.165, 1.54) is 18.3 Å². The summed E-state index contributed by atoms with van der Waals surface area (Å²) < 4.78 is 0. The van der Waals surface area contributed by atoms with Crippen LogP contribution in [-0.4, -0.2) is 10.9 Å². The summed E-state index contributed by atoms with van der Waals surface area (Å²) >= 11 is 11.6. The lowest BCUT2D eigenvalue weighted by molar-refractivity contribution is 0.102. The van der Waals surface area contributed by atoms with Crippen molar-refractivity contribution in [2.75, 3.05) is 5.32 Å². The third-order valence-electron chi connectivity index (χ3n) is 2.48. The first kappa shape index (κ1) is 13.6. The van der Waals surface area contributed by atoms with E-state index in [0.717, 1.165) is 0 Å². The van der Waals surface area contributed by atoms with Crippen molar-refractivity contribution in [2.45, 2.75) is 6.92 Å². The Kier molecular flexibility index (Phi) is 3.93. The number of rotatable bonds is 2. The van der Waals surface area contributed by atoms with Crippen LogP contribution in [0.15, 0.2) is 35.3 Å². The van der Waals surface area contributed by atoms with Crippen molar-refractivity contribution < 1.29 is 4.79 Å². The van der Waals surface area contributed by atoms with Gasteiger partial charge in [-0.1, -0.05) is 23.2 Å². The topological polar surface area (TPSA) is 62.0 Å². The predicted molar refractivity (Wildman–Crippen MR) is 76.2 cm³/mol. The highest BCUT2D eigenvalue weighted by Gasteiger charge is 2.11. The van der Waals surface area contributed by atoms with Crippen LogP contribution in [0.5, 0.6) is 0 Å². The van der Waals surface area contributed by atoms with Gasteiger partial charge in [-0.15, -0.1) is 0 Å². The second kappa shape index (κ2) is 5.47. The minimum absolute atomic E-state index is 0.0386. The van der Waals surface area contributed by atoms with Gasteiger partial charge in [0.25, 0.3) is 5.91 Å². The van der Waals surface area contributed by atoms with Gasteiger partial charge >= 0.3 is 0 Å². The fraction of sp³-hybridized carbons (Fsp3) is 0.0769. The van der Waals surface area contributed by atoms with Crippen molar-refractivity contribution >= 4 is 34.8 Å². The smallest absolute Gasteiger partial charge is 0.261 e. The Morgan fingerprint density at radius 1 is 1.21 bits per heavy atom. The Morgan fingerprint density at radius 2 is 1.95 bits per heavy atom. The van der Waals surface area contributed by atoms with Gasteiger partial charge in [0.05, 0.1) is 10.0 Å². The number of anilines is 1. The van der Waals surface area contributed by atoms with Crippen molar-refractivity contribution in [3.8, 4) is 0 Å². The molecule has 0 radical (unpaired) electrons. The van der Waals surface area contributed by atoms with Crippen LogP contribution in [0, 0.1) is 6.92 Å². The molecule has 0 atom stereocenters. The van der Waals surface area contributed by atoms with Gasteiger partial charge in [0.2, 0.25) is 0 Å². The number of nitrogens with one attached hydrogen (secondary N) is 2. The van der Waals surface area contributed by atoms with E-state index in [9.17, 15) is 9.59 Å². The van der Waals surface area contributed by atoms with Crippen molar-refractivity contribution in [1.29, 1.82) is 0 Å². The minimum Gasteiger partial charge on any atom is -0.364 e. The number of hydrogen-bond donors (Lipinski definition) is 2. The van der Waals surface area contributed by atoms with Gasteiger partial charge in [-0.25, -0.2) is 0 Å². The Balaban J connectivity index is 2.25. The molecule has 0 aliphatic carbocycles. The van der Waals surface area contributed by atoms with E-state index >= 15 is 0 Å². The molecule has 4 nitrogen and oxygen atoms in total. The lowest BCUT2D eigenvalue weighted by atomic mass is 10.2. The molecule has 0 saturated heterocycles. The minimum atomic E-state index is -0.500. The van der Waals surface area contributed by atoms with Crippen molar-refractivity contribution in [3.63, 3.8) is 0 Å². The number of pyridine rings is 1. The van der Waals surface area contributed by atoms with Gasteiger partial charge in [0.15, 0.2) is 5.43 Å². The maximum atomic E-state index is 11.9. The molecule has 2 rings (SSSR count). The Hall–Kier alpha value is -1.78. The molecule has 0 saturated carbocycles. The highest BCUT2D eigenvalue weighted by Crippen LogP contribution is 2.25. The standard InChI is InChI=1S/C13H10Cl2N2O2/c1-7-4-12(18)9(6-16-7)13(19)17-8-2-3-10(14)11(15)5-8/h2-6H,1H3,(H,16,18)(H,17,19). The molecule has 0 bridgehead atoms. The van der Waals surface area contributed by atoms with Crippen LogP contribution in [-0.2, 0) is 0 Å². The monoisotopic (exact) mass is 296 g/mol. The number of benzene rings is 1. The van der Waals surface area contributed by atoms with E-state index in [1.54, 1.807) is 19.1 Å². The van der Waals surface area contributed by atoms with Gasteiger partial charge in [-0.3, -0.25) is 9.59 Å². The number of H-pyrrole nitrogens is 1. The second-order valence-electron chi connectivity index (χ2n) is 3.98. The molecule has 1 amide bonds. The van der Waals surface area contributed by atoms with Crippen LogP contribution in [0.4, 0.5) is 5.69 Å². The lowest BCUT2D eigenvalue weighted by Crippen LogP contribution is -2.21. The molecule has 0 unspecified atom stereocenters. The highest BCUT2D eigenvalue weighted by molar-refractivity contribution is 6.42. The van der Waals surface area contributed by atoms with E-state index in [4.69, 9.17) is 23.2 Å². The van der Waals surface area contributed by atoms with E-state index in [2.05, 4.69) is 10.3 Å². The molecule has 2 aromatic rings. The fourth-order valence-corrected chi connectivity index (χ4v) is 1.82. The quantitative estimate of drug-likeness (QED) is 0.894. The number of halogens is 2. The van der Waals surface area contributed by atoms with Gasteiger partial charge < -0.3 is 10.3 Å². The molecule has 98 valence electrons. The Labute approximate surface area is 119 Å². The third kappa shape index (κ3) is 3.16. The van der Waals surface area contributed by atoms with E-state index in [1.807, 2.05) is 0 Å². The largest absolute Gasteiger partial charge is 0.364 e. The summed E-state index contributed by atoms with van der Waals surface area (Å²) in [6.07, 6.45) is 1.38. The number of amides is 1. The molecule has 1 heterocycles. The SMILES string of the molecule is Cc1cc(=O)c(C(=O)Nc2ccc(Cl)c(Cl)c2)c[nH]1. The number of hydrogen-bond acceptors (Lipinski definition) is 2. The highest BCUT2D eigenvalue weighted by atomic mass is 35.5. The van der Waals surface area contributed by atoms with E-state index < -0.39 is 5.91 Å². The number of carbonyl (C=O) groups excluding carboxylic acids is 1. The average Bonchev–Trinajstić information content (AvgIpc) is 2.33. The fourth-order valence-electron chi connectivity index (χ4n) is 1.52. The molecule has 0 fully saturated rings. The molecular formula is C13H10Cl2N2O2. The lowest BCUT2D eigenvalue weighted by Gasteiger charge is -2.06. The Bertz CT molecular complexity index is 695. The summed E-state index contributed by atoms with van der Waals surface area (Å²) in [5, 5.41) is 3.31. The molecule has 0 aliphatic heterocycles. The molecule has 19 heavy (non-hydrogen) atoms. The van der Waals surface area contributed by atoms with Crippen LogP contribution in [0.1, 0.15) is 16.1 Å². The number of carbonyl (C=O) groups is 1. The summed E-state index contributed by atoms with van der Waals surface area (Å²) in [4.78, 5) is 26.4. The van der Waals surface area contributed by atoms with E-state index in [-0.39, 0.29) is 11.0 Å². The molecular weight excluding hydrogens is 287 g/mol. The van der Waals surface area contributed by atoms with Crippen LogP contribution < -0.4 is 10.7 Å². The summed E-state index contributed by atoms with van der Waals surface area (Å²) in [5.74, 6) is -0.500. The van der Waals surface area contributed by atoms with Crippen LogP contribution in [0.25, 0.3) is 0 Å². The zero-order chi connectivity index (χ0) is 14.0. The Morgan fingerprint density at radius 3 is 2.58 bits per heavy atom. The molecule has 1 aromatic carbocycles. The van der Waals surface area contributed by atoms with Gasteiger partial charge in [-0.05, 0) is 25.1 Å². The summed E-state index contributed by atoms with van der Waals surface area (Å²) in [5.41, 5.74) is 0.862. The first-order valence-electron chi connectivity index (χ1n) is 5.43. The van der Waals surface area contributed by atoms with Gasteiger partial charge in [0, 0.05) is 23.6 Å². The van der Waals surface area contributed by atoms with Crippen LogP contribution in [0.3, 0.4) is 0 Å². The maximum absolute atomic E-state index is 11.9. The van der Waals surface area contributed by atoms with Crippen molar-refractivity contribution in [1.82, 2.24) is 4.98 Å². The van der Waals surface area contributed by atoms with Crippen molar-refractivity contribution in [2.24, 2.45) is 0 Å². The zero-order valence-electron chi connectivity index (χ0n) is 9.96. The molecule has 2 N–H and O–H groups in total. The summed E-state index contributed by atoms with van der Waals surface area (Å²) in [6.45, 7) is 1.74. The molecule has 6 heteroatoms. The zero-order valence-corrected chi connectivity index (χ0v) is 11.5. The summed E-state index contributed by atoms with van der Waals surface area (Å²) in [7, 11) is 0. The first-order valence-corrected chi connectivity index (χ1v) is 6.18. The average molecular weight is 297 g/mol. The number of aromatic amines is 1. The predicted octanol–water partition coefficient (Wildman–Crippen LogP) is 3.24. The van der Waals surface area contributed by atoms with Crippen molar-refractivity contribution in [3.05, 3.63) is 62.0 Å². The first-order chi connectivity index (χ1) is 8.97. The number of aromatic nitrogens is 1. The molecule has 0 spiro atoms. The molecule has 1 aromatic heterocycles. The maximum Gasteiger partial charge on any atom is 0.261 e. The third-order valence-corrected chi connectivity index (χ3v) is 3.22. The van der Waals surface area contributed by atoms with Gasteiger partial charge in [0.1, 0.15) is 5.56 Å². The number of aryl methyl sites for hydroxylation is 1. The van der Waals surface area contributed by atoms with Crippen LogP contribution >= 0.6 is 23.2 Å². The normalized spacial score (nSPS) is 10.3. The van der Waals surface area contributed by atoms with Crippen LogP contribution in [0.2, 0.25) is 10.0 Å². The molecule has 0 aliphatic rings.